The second kappa shape index (κ2) is 13.2. The molecule has 2 aromatic carbocycles. The van der Waals surface area contributed by atoms with Crippen molar-refractivity contribution in [3.8, 4) is 11.3 Å². The van der Waals surface area contributed by atoms with E-state index < -0.39 is 0 Å². The number of aliphatic hydroxyl groups excluding tert-OH is 1. The average molecular weight is 714 g/mol. The molecule has 4 aromatic rings. The number of allylic oxidation sites excluding steroid dienone is 2. The van der Waals surface area contributed by atoms with Gasteiger partial charge in [0.2, 0.25) is 0 Å². The van der Waals surface area contributed by atoms with Crippen molar-refractivity contribution in [1.29, 1.82) is 0 Å². The maximum Gasteiger partial charge on any atom is 0.162 e. The molecule has 0 saturated carbocycles. The molecule has 0 amide bonds. The second-order valence-corrected chi connectivity index (χ2v) is 11.2. The van der Waals surface area contributed by atoms with Gasteiger partial charge in [-0.15, -0.1) is 23.8 Å². The van der Waals surface area contributed by atoms with Crippen molar-refractivity contribution >= 4 is 27.5 Å². The Morgan fingerprint density at radius 3 is 2.27 bits per heavy atom. The minimum atomic E-state index is -0.129. The third-order valence-corrected chi connectivity index (χ3v) is 8.35. The van der Waals surface area contributed by atoms with Crippen LogP contribution < -0.4 is 0 Å². The Bertz CT molecular complexity index is 1530. The Kier molecular flexibility index (Phi) is 10.4. The summed E-state index contributed by atoms with van der Waals surface area (Å²) in [4.78, 5) is 21.2. The number of hydrogen-bond donors (Lipinski definition) is 1. The first-order valence-electron chi connectivity index (χ1n) is 14.3. The van der Waals surface area contributed by atoms with E-state index in [9.17, 15) is 9.90 Å². The SMILES string of the molecule is CCC(CC)C(=O)/C=C(\O)C(CC)CC.Cc1ccc2cc3c(nc2c1)-c1[c-]ccc2cncc(c12)C3(C)C.[Ir]. The molecule has 1 aliphatic carbocycles. The molecule has 40 heavy (non-hydrogen) atoms. The molecule has 0 saturated heterocycles. The largest absolute Gasteiger partial charge is 0.512 e. The van der Waals surface area contributed by atoms with Crippen molar-refractivity contribution in [2.75, 3.05) is 0 Å². The van der Waals surface area contributed by atoms with E-state index in [1.165, 1.54) is 33.5 Å². The minimum Gasteiger partial charge on any atom is -0.512 e. The number of rotatable bonds is 7. The molecule has 0 unspecified atom stereocenters. The van der Waals surface area contributed by atoms with Crippen molar-refractivity contribution in [1.82, 2.24) is 9.97 Å². The monoisotopic (exact) mass is 714 g/mol. The molecule has 2 aromatic heterocycles. The summed E-state index contributed by atoms with van der Waals surface area (Å²) in [6.07, 6.45) is 8.84. The third kappa shape index (κ3) is 6.06. The van der Waals surface area contributed by atoms with Gasteiger partial charge in [0.05, 0.1) is 11.3 Å². The number of benzene rings is 2. The number of aryl methyl sites for hydroxylation is 1. The molecule has 2 heterocycles. The van der Waals surface area contributed by atoms with Gasteiger partial charge in [-0.25, -0.2) is 0 Å². The zero-order chi connectivity index (χ0) is 28.3. The first kappa shape index (κ1) is 31.6. The van der Waals surface area contributed by atoms with Gasteiger partial charge in [0.15, 0.2) is 5.78 Å². The summed E-state index contributed by atoms with van der Waals surface area (Å²) in [6.45, 7) is 14.7. The summed E-state index contributed by atoms with van der Waals surface area (Å²) < 4.78 is 0. The Morgan fingerprint density at radius 1 is 0.950 bits per heavy atom. The van der Waals surface area contributed by atoms with Crippen molar-refractivity contribution < 1.29 is 30.0 Å². The van der Waals surface area contributed by atoms with Gasteiger partial charge in [-0.05, 0) is 55.3 Å². The van der Waals surface area contributed by atoms with E-state index in [1.54, 1.807) is 0 Å². The zero-order valence-corrected chi connectivity index (χ0v) is 27.2. The van der Waals surface area contributed by atoms with Crippen molar-refractivity contribution in [2.24, 2.45) is 11.8 Å². The van der Waals surface area contributed by atoms with Crippen LogP contribution in [0.3, 0.4) is 0 Å². The van der Waals surface area contributed by atoms with Gasteiger partial charge >= 0.3 is 0 Å². The van der Waals surface area contributed by atoms with E-state index in [1.807, 2.05) is 46.2 Å². The molecule has 5 heteroatoms. The first-order valence-corrected chi connectivity index (χ1v) is 14.3. The van der Waals surface area contributed by atoms with Gasteiger partial charge in [-0.2, -0.15) is 0 Å². The molecule has 213 valence electrons. The van der Waals surface area contributed by atoms with Crippen LogP contribution >= 0.6 is 0 Å². The number of aromatic nitrogens is 2. The van der Waals surface area contributed by atoms with E-state index in [0.29, 0.717) is 0 Å². The molecule has 5 rings (SSSR count). The fraction of sp³-hybridized carbons (Fsp3) is 0.400. The van der Waals surface area contributed by atoms with Gasteiger partial charge < -0.3 is 5.11 Å². The molecule has 1 radical (unpaired) electrons. The summed E-state index contributed by atoms with van der Waals surface area (Å²) in [7, 11) is 0. The Balaban J connectivity index is 0.000000243. The predicted molar refractivity (Wildman–Crippen MR) is 162 cm³/mol. The number of aliphatic hydroxyl groups is 1. The molecular formula is C35H41IrN2O2-. The molecule has 4 nitrogen and oxygen atoms in total. The van der Waals surface area contributed by atoms with E-state index in [4.69, 9.17) is 4.98 Å². The van der Waals surface area contributed by atoms with Crippen LogP contribution in [0.5, 0.6) is 0 Å². The molecule has 0 aliphatic heterocycles. The standard InChI is InChI=1S/C22H17N2.C13H24O2.Ir/c1-13-7-8-14-10-17-21(24-19(14)9-13)16-6-4-5-15-11-23-12-18(20(15)16)22(17,2)3;1-5-10(6-2)12(14)9-13(15)11(7-3)8-4;/h4-5,7-12H,1-3H3;9-11,14H,5-8H2,1-4H3;/q-1;;/b;12-9-;. The Hall–Kier alpha value is -2.88. The quantitative estimate of drug-likeness (QED) is 0.118. The molecule has 0 fully saturated rings. The number of hydrogen-bond acceptors (Lipinski definition) is 4. The smallest absolute Gasteiger partial charge is 0.162 e. The van der Waals surface area contributed by atoms with Crippen LogP contribution in [0.1, 0.15) is 83.9 Å². The molecule has 0 atom stereocenters. The summed E-state index contributed by atoms with van der Waals surface area (Å²) in [5.74, 6) is 0.547. The summed E-state index contributed by atoms with van der Waals surface area (Å²) in [6, 6.07) is 16.3. The second-order valence-electron chi connectivity index (χ2n) is 11.2. The maximum atomic E-state index is 11.7. The maximum absolute atomic E-state index is 11.7. The van der Waals surface area contributed by atoms with Crippen LogP contribution in [-0.4, -0.2) is 20.9 Å². The Morgan fingerprint density at radius 2 is 1.62 bits per heavy atom. The van der Waals surface area contributed by atoms with Crippen LogP contribution in [0.15, 0.2) is 60.6 Å². The Labute approximate surface area is 252 Å². The fourth-order valence-electron chi connectivity index (χ4n) is 5.70. The normalized spacial score (nSPS) is 13.6. The molecule has 0 spiro atoms. The first-order chi connectivity index (χ1) is 18.7. The topological polar surface area (TPSA) is 63.1 Å². The van der Waals surface area contributed by atoms with Crippen molar-refractivity contribution in [2.45, 2.75) is 79.6 Å². The molecule has 1 N–H and O–H groups in total. The van der Waals surface area contributed by atoms with Gasteiger partial charge in [0.1, 0.15) is 0 Å². The van der Waals surface area contributed by atoms with Gasteiger partial charge in [-0.1, -0.05) is 81.6 Å². The third-order valence-electron chi connectivity index (χ3n) is 8.35. The van der Waals surface area contributed by atoms with Crippen LogP contribution in [0.2, 0.25) is 0 Å². The zero-order valence-electron chi connectivity index (χ0n) is 24.8. The van der Waals surface area contributed by atoms with E-state index in [0.717, 1.165) is 47.8 Å². The summed E-state index contributed by atoms with van der Waals surface area (Å²) >= 11 is 0. The minimum absolute atomic E-state index is 0. The average Bonchev–Trinajstić information content (AvgIpc) is 2.92. The van der Waals surface area contributed by atoms with Crippen LogP contribution in [0.4, 0.5) is 0 Å². The van der Waals surface area contributed by atoms with Gasteiger partial charge in [-0.3, -0.25) is 14.8 Å². The number of carbonyl (C=O) groups is 1. The van der Waals surface area contributed by atoms with Crippen molar-refractivity contribution in [3.63, 3.8) is 0 Å². The van der Waals surface area contributed by atoms with Crippen molar-refractivity contribution in [3.05, 3.63) is 83.4 Å². The number of nitrogens with zero attached hydrogens (tertiary/aromatic N) is 2. The van der Waals surface area contributed by atoms with Crippen LogP contribution in [0, 0.1) is 24.8 Å². The molecular weight excluding hydrogens is 673 g/mol. The van der Waals surface area contributed by atoms with Crippen LogP contribution in [0.25, 0.3) is 32.9 Å². The van der Waals surface area contributed by atoms with E-state index >= 15 is 0 Å². The number of carbonyl (C=O) groups excluding carboxylic acids is 1. The number of ketones is 1. The fourth-order valence-corrected chi connectivity index (χ4v) is 5.70. The van der Waals surface area contributed by atoms with Gasteiger partial charge in [0.25, 0.3) is 0 Å². The van der Waals surface area contributed by atoms with Crippen LogP contribution in [-0.2, 0) is 30.3 Å². The number of pyridine rings is 2. The predicted octanol–water partition coefficient (Wildman–Crippen LogP) is 9.07. The summed E-state index contributed by atoms with van der Waals surface area (Å²) in [5.41, 5.74) is 6.82. The molecule has 1 aliphatic rings. The van der Waals surface area contributed by atoms with E-state index in [-0.39, 0.29) is 48.9 Å². The molecule has 0 bridgehead atoms. The van der Waals surface area contributed by atoms with E-state index in [2.05, 4.69) is 62.2 Å². The summed E-state index contributed by atoms with van der Waals surface area (Å²) in [5, 5.41) is 13.3. The van der Waals surface area contributed by atoms with Gasteiger partial charge in [0, 0.05) is 55.8 Å². The number of fused-ring (bicyclic) bond motifs is 3.